The van der Waals surface area contributed by atoms with E-state index in [0.717, 1.165) is 11.6 Å². The van der Waals surface area contributed by atoms with Gasteiger partial charge in [-0.05, 0) is 18.1 Å². The molecule has 29 heavy (non-hydrogen) atoms. The fourth-order valence-corrected chi connectivity index (χ4v) is 3.10. The zero-order valence-corrected chi connectivity index (χ0v) is 15.4. The fourth-order valence-electron chi connectivity index (χ4n) is 3.10. The van der Waals surface area contributed by atoms with E-state index < -0.39 is 17.6 Å². The molecule has 0 unspecified atom stereocenters. The van der Waals surface area contributed by atoms with Crippen LogP contribution in [0.5, 0.6) is 0 Å². The Kier molecular flexibility index (Phi) is 5.33. The molecule has 0 atom stereocenters. The maximum atomic E-state index is 13.3. The van der Waals surface area contributed by atoms with Crippen molar-refractivity contribution in [1.82, 2.24) is 19.9 Å². The Hall–Kier alpha value is -2.79. The summed E-state index contributed by atoms with van der Waals surface area (Å²) in [5, 5.41) is 0. The number of anilines is 2. The minimum atomic E-state index is -4.63. The topological polar surface area (TPSA) is 99.3 Å². The van der Waals surface area contributed by atoms with E-state index in [0.29, 0.717) is 57.7 Å². The van der Waals surface area contributed by atoms with E-state index in [9.17, 15) is 13.2 Å². The van der Waals surface area contributed by atoms with Gasteiger partial charge in [0.05, 0.1) is 32.0 Å². The number of pyridine rings is 1. The second kappa shape index (κ2) is 7.91. The number of hydrogen-bond donors (Lipinski definition) is 1. The van der Waals surface area contributed by atoms with Gasteiger partial charge in [0, 0.05) is 24.8 Å². The van der Waals surface area contributed by atoms with Crippen LogP contribution < -0.4 is 10.6 Å². The monoisotopic (exact) mass is 408 g/mol. The summed E-state index contributed by atoms with van der Waals surface area (Å²) < 4.78 is 50.5. The van der Waals surface area contributed by atoms with Crippen LogP contribution in [0, 0.1) is 0 Å². The number of halogens is 3. The third-order valence-corrected chi connectivity index (χ3v) is 4.65. The normalized spacial score (nSPS) is 17.9. The van der Waals surface area contributed by atoms with Crippen molar-refractivity contribution in [3.8, 4) is 11.4 Å². The van der Waals surface area contributed by atoms with Gasteiger partial charge in [0.25, 0.3) is 0 Å². The van der Waals surface area contributed by atoms with Crippen LogP contribution in [0.2, 0.25) is 0 Å². The van der Waals surface area contributed by atoms with Crippen LogP contribution in [0.3, 0.4) is 0 Å². The lowest BCUT2D eigenvalue weighted by Gasteiger charge is -2.27. The molecule has 0 aromatic carbocycles. The lowest BCUT2D eigenvalue weighted by atomic mass is 10.1. The highest BCUT2D eigenvalue weighted by Crippen LogP contribution is 2.35. The quantitative estimate of drug-likeness (QED) is 0.825. The van der Waals surface area contributed by atoms with Crippen molar-refractivity contribution < 1.29 is 22.6 Å². The van der Waals surface area contributed by atoms with E-state index in [2.05, 4.69) is 19.9 Å². The molecule has 0 spiro atoms. The van der Waals surface area contributed by atoms with Gasteiger partial charge < -0.3 is 20.1 Å². The summed E-state index contributed by atoms with van der Waals surface area (Å²) in [6.45, 7) is 3.17. The molecular weight excluding hydrogens is 389 g/mol. The van der Waals surface area contributed by atoms with Crippen LogP contribution in [0.4, 0.5) is 24.9 Å². The molecule has 11 heteroatoms. The van der Waals surface area contributed by atoms with E-state index in [-0.39, 0.29) is 11.4 Å². The number of nitrogens with zero attached hydrogens (tertiary/aromatic N) is 5. The van der Waals surface area contributed by atoms with Crippen molar-refractivity contribution in [1.29, 1.82) is 0 Å². The number of alkyl halides is 3. The summed E-state index contributed by atoms with van der Waals surface area (Å²) >= 11 is 0. The smallest absolute Gasteiger partial charge is 0.383 e. The zero-order chi connectivity index (χ0) is 20.4. The maximum Gasteiger partial charge on any atom is 0.419 e. The van der Waals surface area contributed by atoms with E-state index >= 15 is 0 Å². The van der Waals surface area contributed by atoms with Gasteiger partial charge in [-0.15, -0.1) is 0 Å². The van der Waals surface area contributed by atoms with Crippen LogP contribution in [0.25, 0.3) is 17.0 Å². The van der Waals surface area contributed by atoms with Gasteiger partial charge in [0.1, 0.15) is 5.82 Å². The van der Waals surface area contributed by atoms with Gasteiger partial charge in [0.15, 0.2) is 11.6 Å². The minimum Gasteiger partial charge on any atom is -0.383 e. The van der Waals surface area contributed by atoms with Crippen LogP contribution >= 0.6 is 0 Å². The predicted octanol–water partition coefficient (Wildman–Crippen LogP) is 2.17. The van der Waals surface area contributed by atoms with Gasteiger partial charge in [-0.1, -0.05) is 6.08 Å². The molecule has 1 fully saturated rings. The number of ether oxygens (including phenoxy) is 2. The van der Waals surface area contributed by atoms with Gasteiger partial charge in [-0.2, -0.15) is 23.1 Å². The number of rotatable bonds is 3. The third kappa shape index (κ3) is 4.30. The average Bonchev–Trinajstić information content (AvgIpc) is 2.74. The van der Waals surface area contributed by atoms with E-state index in [1.807, 2.05) is 11.0 Å². The first-order valence-corrected chi connectivity index (χ1v) is 9.11. The first kappa shape index (κ1) is 19.5. The van der Waals surface area contributed by atoms with Crippen LogP contribution in [-0.4, -0.2) is 59.5 Å². The highest BCUT2D eigenvalue weighted by atomic mass is 19.4. The molecular formula is C18H19F3N6O2. The second-order valence-electron chi connectivity index (χ2n) is 6.59. The molecule has 4 rings (SSSR count). The van der Waals surface area contributed by atoms with E-state index in [4.69, 9.17) is 15.2 Å². The molecule has 0 saturated carbocycles. The van der Waals surface area contributed by atoms with Crippen molar-refractivity contribution in [2.75, 3.05) is 50.2 Å². The summed E-state index contributed by atoms with van der Waals surface area (Å²) in [7, 11) is 0. The van der Waals surface area contributed by atoms with Gasteiger partial charge in [0.2, 0.25) is 5.95 Å². The standard InChI is InChI=1S/C18H19F3N6O2/c19-18(20,21)13-9-12(10-23-14(13)22)16-24-15(11-1-5-28-6-2-11)25-17(26-16)27-3-7-29-8-4-27/h1,9-10H,2-8H2,(H2,22,23). The molecule has 4 heterocycles. The number of morpholine rings is 1. The second-order valence-corrected chi connectivity index (χ2v) is 6.59. The Bertz CT molecular complexity index is 928. The molecule has 0 bridgehead atoms. The number of aromatic nitrogens is 4. The van der Waals surface area contributed by atoms with Crippen LogP contribution in [0.1, 0.15) is 17.8 Å². The largest absolute Gasteiger partial charge is 0.419 e. The molecule has 2 N–H and O–H groups in total. The van der Waals surface area contributed by atoms with Crippen LogP contribution in [-0.2, 0) is 15.7 Å². The summed E-state index contributed by atoms with van der Waals surface area (Å²) in [6, 6.07) is 0.920. The Balaban J connectivity index is 1.81. The molecule has 8 nitrogen and oxygen atoms in total. The first-order chi connectivity index (χ1) is 13.9. The molecule has 0 radical (unpaired) electrons. The van der Waals surface area contributed by atoms with Crippen molar-refractivity contribution >= 4 is 17.3 Å². The zero-order valence-electron chi connectivity index (χ0n) is 15.4. The molecule has 154 valence electrons. The number of nitrogens with two attached hydrogens (primary N) is 1. The highest BCUT2D eigenvalue weighted by molar-refractivity contribution is 5.66. The molecule has 0 aliphatic carbocycles. The molecule has 2 aliphatic rings. The van der Waals surface area contributed by atoms with E-state index in [1.54, 1.807) is 0 Å². The van der Waals surface area contributed by atoms with Crippen molar-refractivity contribution in [2.45, 2.75) is 12.6 Å². The number of hydrogen-bond acceptors (Lipinski definition) is 8. The number of nitrogen functional groups attached to an aromatic ring is 1. The highest BCUT2D eigenvalue weighted by Gasteiger charge is 2.34. The minimum absolute atomic E-state index is 0.113. The Morgan fingerprint density at radius 3 is 2.45 bits per heavy atom. The van der Waals surface area contributed by atoms with Crippen LogP contribution in [0.15, 0.2) is 18.3 Å². The lowest BCUT2D eigenvalue weighted by Crippen LogP contribution is -2.37. The summed E-state index contributed by atoms with van der Waals surface area (Å²) in [4.78, 5) is 19.0. The Morgan fingerprint density at radius 2 is 1.76 bits per heavy atom. The summed E-state index contributed by atoms with van der Waals surface area (Å²) in [5.74, 6) is 0.342. The molecule has 2 aromatic heterocycles. The van der Waals surface area contributed by atoms with E-state index in [1.165, 1.54) is 6.20 Å². The first-order valence-electron chi connectivity index (χ1n) is 9.11. The third-order valence-electron chi connectivity index (χ3n) is 4.65. The van der Waals surface area contributed by atoms with Gasteiger partial charge >= 0.3 is 6.18 Å². The summed E-state index contributed by atoms with van der Waals surface area (Å²) in [5.41, 5.74) is 5.39. The maximum absolute atomic E-state index is 13.3. The van der Waals surface area contributed by atoms with Gasteiger partial charge in [-0.25, -0.2) is 9.97 Å². The molecule has 1 saturated heterocycles. The van der Waals surface area contributed by atoms with Crippen molar-refractivity contribution in [3.05, 3.63) is 29.7 Å². The molecule has 0 amide bonds. The van der Waals surface area contributed by atoms with Crippen molar-refractivity contribution in [2.24, 2.45) is 0 Å². The molecule has 2 aliphatic heterocycles. The van der Waals surface area contributed by atoms with Gasteiger partial charge in [-0.3, -0.25) is 0 Å². The SMILES string of the molecule is Nc1ncc(-c2nc(C3=CCOCC3)nc(N3CCOCC3)n2)cc1C(F)(F)F. The fraction of sp³-hybridized carbons (Fsp3) is 0.444. The molecule has 2 aromatic rings. The van der Waals surface area contributed by atoms with Crippen molar-refractivity contribution in [3.63, 3.8) is 0 Å². The summed E-state index contributed by atoms with van der Waals surface area (Å²) in [6.07, 6.45) is -0.905. The Morgan fingerprint density at radius 1 is 1.00 bits per heavy atom. The average molecular weight is 408 g/mol. The predicted molar refractivity (Wildman–Crippen MR) is 98.9 cm³/mol. The lowest BCUT2D eigenvalue weighted by molar-refractivity contribution is -0.137. The Labute approximate surface area is 164 Å².